The van der Waals surface area contributed by atoms with E-state index >= 15 is 0 Å². The Morgan fingerprint density at radius 3 is 2.53 bits per heavy atom. The summed E-state index contributed by atoms with van der Waals surface area (Å²) in [7, 11) is 0. The summed E-state index contributed by atoms with van der Waals surface area (Å²) in [6, 6.07) is 6.84. The standard InChI is InChI=1S/C13H17N3O/c1-9-4-10(2)6-12(5-9)11(3)14-7-13-15-8-17-16-13/h4-6,8,11,14H,7H2,1-3H3. The summed E-state index contributed by atoms with van der Waals surface area (Å²) in [5.74, 6) is 0.682. The van der Waals surface area contributed by atoms with E-state index in [9.17, 15) is 0 Å². The van der Waals surface area contributed by atoms with E-state index in [0.717, 1.165) is 0 Å². The minimum absolute atomic E-state index is 0.270. The Balaban J connectivity index is 2.01. The number of aryl methyl sites for hydroxylation is 2. The van der Waals surface area contributed by atoms with Crippen LogP contribution in [-0.4, -0.2) is 10.1 Å². The van der Waals surface area contributed by atoms with Crippen LogP contribution in [0.25, 0.3) is 0 Å². The average molecular weight is 231 g/mol. The van der Waals surface area contributed by atoms with Crippen molar-refractivity contribution in [3.63, 3.8) is 0 Å². The Labute approximate surface area is 101 Å². The maximum atomic E-state index is 4.69. The molecule has 1 aromatic carbocycles. The highest BCUT2D eigenvalue weighted by atomic mass is 16.5. The lowest BCUT2D eigenvalue weighted by Gasteiger charge is -2.14. The fourth-order valence-electron chi connectivity index (χ4n) is 1.89. The summed E-state index contributed by atoms with van der Waals surface area (Å²) in [5.41, 5.74) is 3.85. The van der Waals surface area contributed by atoms with E-state index in [1.165, 1.54) is 23.1 Å². The van der Waals surface area contributed by atoms with Gasteiger partial charge in [-0.25, -0.2) is 0 Å². The van der Waals surface area contributed by atoms with Crippen molar-refractivity contribution in [1.82, 2.24) is 15.5 Å². The molecule has 0 saturated heterocycles. The summed E-state index contributed by atoms with van der Waals surface area (Å²) >= 11 is 0. The normalized spacial score (nSPS) is 12.6. The summed E-state index contributed by atoms with van der Waals surface area (Å²) in [5, 5.41) is 7.14. The lowest BCUT2D eigenvalue weighted by molar-refractivity contribution is 0.405. The van der Waals surface area contributed by atoms with Crippen LogP contribution in [-0.2, 0) is 6.54 Å². The summed E-state index contributed by atoms with van der Waals surface area (Å²) in [6.45, 7) is 6.98. The number of nitrogens with zero attached hydrogens (tertiary/aromatic N) is 2. The quantitative estimate of drug-likeness (QED) is 0.878. The molecule has 4 nitrogen and oxygen atoms in total. The Morgan fingerprint density at radius 2 is 1.94 bits per heavy atom. The second kappa shape index (κ2) is 5.10. The number of hydrogen-bond donors (Lipinski definition) is 1. The zero-order chi connectivity index (χ0) is 12.3. The van der Waals surface area contributed by atoms with Crippen LogP contribution in [0.3, 0.4) is 0 Å². The van der Waals surface area contributed by atoms with E-state index in [2.05, 4.69) is 59.0 Å². The Kier molecular flexibility index (Phi) is 3.54. The molecule has 2 aromatic rings. The molecule has 1 heterocycles. The first-order chi connectivity index (χ1) is 8.15. The molecule has 0 aliphatic carbocycles. The van der Waals surface area contributed by atoms with Crippen LogP contribution in [0, 0.1) is 13.8 Å². The van der Waals surface area contributed by atoms with E-state index in [1.807, 2.05) is 0 Å². The Morgan fingerprint density at radius 1 is 1.24 bits per heavy atom. The van der Waals surface area contributed by atoms with Crippen LogP contribution in [0.5, 0.6) is 0 Å². The largest absolute Gasteiger partial charge is 0.343 e. The van der Waals surface area contributed by atoms with Crippen molar-refractivity contribution in [1.29, 1.82) is 0 Å². The Bertz CT molecular complexity index is 459. The van der Waals surface area contributed by atoms with E-state index < -0.39 is 0 Å². The van der Waals surface area contributed by atoms with E-state index in [1.54, 1.807) is 0 Å². The predicted molar refractivity (Wildman–Crippen MR) is 65.5 cm³/mol. The molecule has 0 saturated carbocycles. The molecule has 2 rings (SSSR count). The summed E-state index contributed by atoms with van der Waals surface area (Å²) in [6.07, 6.45) is 1.35. The zero-order valence-electron chi connectivity index (χ0n) is 10.4. The highest BCUT2D eigenvalue weighted by Crippen LogP contribution is 2.16. The monoisotopic (exact) mass is 231 g/mol. The molecule has 0 spiro atoms. The number of aromatic nitrogens is 2. The molecular weight excluding hydrogens is 214 g/mol. The number of rotatable bonds is 4. The molecule has 0 aliphatic rings. The Hall–Kier alpha value is -1.68. The molecule has 0 aliphatic heterocycles. The van der Waals surface area contributed by atoms with Gasteiger partial charge in [-0.1, -0.05) is 34.5 Å². The van der Waals surface area contributed by atoms with Gasteiger partial charge in [0.1, 0.15) is 0 Å². The van der Waals surface area contributed by atoms with Crippen LogP contribution in [0.2, 0.25) is 0 Å². The third kappa shape index (κ3) is 3.14. The maximum Gasteiger partial charge on any atom is 0.213 e. The zero-order valence-corrected chi connectivity index (χ0v) is 10.4. The molecule has 1 N–H and O–H groups in total. The molecule has 90 valence electrons. The van der Waals surface area contributed by atoms with Gasteiger partial charge >= 0.3 is 0 Å². The SMILES string of the molecule is Cc1cc(C)cc(C(C)NCc2ncon2)c1. The van der Waals surface area contributed by atoms with Crippen LogP contribution < -0.4 is 5.32 Å². The smallest absolute Gasteiger partial charge is 0.213 e. The molecule has 4 heteroatoms. The van der Waals surface area contributed by atoms with E-state index in [-0.39, 0.29) is 6.04 Å². The van der Waals surface area contributed by atoms with Gasteiger partial charge in [-0.05, 0) is 26.3 Å². The van der Waals surface area contributed by atoms with Crippen molar-refractivity contribution >= 4 is 0 Å². The average Bonchev–Trinajstić information content (AvgIpc) is 2.77. The van der Waals surface area contributed by atoms with Gasteiger partial charge in [0.05, 0.1) is 6.54 Å². The molecule has 1 aromatic heterocycles. The van der Waals surface area contributed by atoms with Crippen LogP contribution in [0.15, 0.2) is 29.1 Å². The van der Waals surface area contributed by atoms with Gasteiger partial charge in [-0.15, -0.1) is 0 Å². The molecule has 0 fully saturated rings. The lowest BCUT2D eigenvalue weighted by atomic mass is 10.0. The van der Waals surface area contributed by atoms with Gasteiger partial charge in [0.2, 0.25) is 6.39 Å². The molecule has 0 amide bonds. The molecular formula is C13H17N3O. The maximum absolute atomic E-state index is 4.69. The minimum Gasteiger partial charge on any atom is -0.343 e. The molecule has 0 radical (unpaired) electrons. The van der Waals surface area contributed by atoms with Gasteiger partial charge in [0.25, 0.3) is 0 Å². The second-order valence-electron chi connectivity index (χ2n) is 4.37. The topological polar surface area (TPSA) is 51.0 Å². The van der Waals surface area contributed by atoms with Gasteiger partial charge in [-0.2, -0.15) is 4.98 Å². The number of benzene rings is 1. The number of nitrogens with one attached hydrogen (secondary N) is 1. The van der Waals surface area contributed by atoms with Crippen molar-refractivity contribution < 1.29 is 4.52 Å². The highest BCUT2D eigenvalue weighted by molar-refractivity contribution is 5.30. The molecule has 1 atom stereocenters. The minimum atomic E-state index is 0.270. The third-order valence-corrected chi connectivity index (χ3v) is 2.72. The van der Waals surface area contributed by atoms with Gasteiger partial charge < -0.3 is 9.84 Å². The first-order valence-electron chi connectivity index (χ1n) is 5.72. The predicted octanol–water partition coefficient (Wildman–Crippen LogP) is 2.54. The van der Waals surface area contributed by atoms with Crippen molar-refractivity contribution in [3.05, 3.63) is 47.1 Å². The van der Waals surface area contributed by atoms with E-state index in [4.69, 9.17) is 0 Å². The van der Waals surface area contributed by atoms with Gasteiger partial charge in [0.15, 0.2) is 5.82 Å². The van der Waals surface area contributed by atoms with E-state index in [0.29, 0.717) is 12.4 Å². The molecule has 0 bridgehead atoms. The summed E-state index contributed by atoms with van der Waals surface area (Å²) < 4.78 is 4.69. The second-order valence-corrected chi connectivity index (χ2v) is 4.37. The van der Waals surface area contributed by atoms with Crippen molar-refractivity contribution in [3.8, 4) is 0 Å². The highest BCUT2D eigenvalue weighted by Gasteiger charge is 2.07. The van der Waals surface area contributed by atoms with Crippen LogP contribution in [0.4, 0.5) is 0 Å². The van der Waals surface area contributed by atoms with Crippen LogP contribution in [0.1, 0.15) is 35.5 Å². The molecule has 17 heavy (non-hydrogen) atoms. The van der Waals surface area contributed by atoms with Crippen molar-refractivity contribution in [2.75, 3.05) is 0 Å². The fourth-order valence-corrected chi connectivity index (χ4v) is 1.89. The molecule has 1 unspecified atom stereocenters. The van der Waals surface area contributed by atoms with Crippen molar-refractivity contribution in [2.45, 2.75) is 33.4 Å². The summed E-state index contributed by atoms with van der Waals surface area (Å²) in [4.78, 5) is 3.98. The van der Waals surface area contributed by atoms with Crippen LogP contribution >= 0.6 is 0 Å². The lowest BCUT2D eigenvalue weighted by Crippen LogP contribution is -2.19. The van der Waals surface area contributed by atoms with Crippen molar-refractivity contribution in [2.24, 2.45) is 0 Å². The van der Waals surface area contributed by atoms with Gasteiger partial charge in [-0.3, -0.25) is 0 Å². The number of hydrogen-bond acceptors (Lipinski definition) is 4. The fraction of sp³-hybridized carbons (Fsp3) is 0.385. The van der Waals surface area contributed by atoms with Gasteiger partial charge in [0, 0.05) is 6.04 Å². The third-order valence-electron chi connectivity index (χ3n) is 2.72. The first-order valence-corrected chi connectivity index (χ1v) is 5.72. The first kappa shape index (κ1) is 11.8.